The lowest BCUT2D eigenvalue weighted by Gasteiger charge is -2.33. The van der Waals surface area contributed by atoms with Crippen molar-refractivity contribution < 1.29 is 13.9 Å². The van der Waals surface area contributed by atoms with E-state index < -0.39 is 0 Å². The Hall–Kier alpha value is -2.74. The molecule has 1 N–H and O–H groups in total. The molecule has 1 aliphatic heterocycles. The fraction of sp³-hybridized carbons (Fsp3) is 0.476. The van der Waals surface area contributed by atoms with Crippen LogP contribution in [0.1, 0.15) is 26.2 Å². The Bertz CT molecular complexity index is 869. The van der Waals surface area contributed by atoms with Crippen LogP contribution in [0.25, 0.3) is 5.69 Å². The first-order valence-electron chi connectivity index (χ1n) is 10.0. The van der Waals surface area contributed by atoms with Crippen LogP contribution in [0.3, 0.4) is 0 Å². The number of nitrogens with zero attached hydrogens (tertiary/aromatic N) is 3. The van der Waals surface area contributed by atoms with E-state index in [1.54, 1.807) is 6.07 Å². The van der Waals surface area contributed by atoms with Gasteiger partial charge in [0.1, 0.15) is 11.6 Å². The first kappa shape index (κ1) is 21.0. The van der Waals surface area contributed by atoms with Gasteiger partial charge in [-0.3, -0.25) is 9.59 Å². The number of aromatic nitrogens is 2. The third-order valence-corrected chi connectivity index (χ3v) is 4.94. The highest BCUT2D eigenvalue weighted by molar-refractivity contribution is 5.79. The predicted molar refractivity (Wildman–Crippen MR) is 109 cm³/mol. The van der Waals surface area contributed by atoms with Crippen molar-refractivity contribution in [3.63, 3.8) is 0 Å². The van der Waals surface area contributed by atoms with Crippen LogP contribution in [-0.4, -0.2) is 48.5 Å². The Morgan fingerprint density at radius 1 is 1.28 bits per heavy atom. The molecule has 1 aliphatic rings. The van der Waals surface area contributed by atoms with Crippen LogP contribution in [0.5, 0.6) is 0 Å². The molecule has 1 aromatic heterocycles. The van der Waals surface area contributed by atoms with Crippen LogP contribution in [0.2, 0.25) is 0 Å². The summed E-state index contributed by atoms with van der Waals surface area (Å²) < 4.78 is 19.7. The minimum Gasteiger partial charge on any atom is -0.382 e. The van der Waals surface area contributed by atoms with Crippen molar-refractivity contribution in [1.82, 2.24) is 15.1 Å². The van der Waals surface area contributed by atoms with Crippen LogP contribution >= 0.6 is 0 Å². The maximum Gasteiger partial charge on any atom is 0.271 e. The number of benzene rings is 1. The summed E-state index contributed by atoms with van der Waals surface area (Å²) in [7, 11) is 0. The molecule has 2 heterocycles. The maximum absolute atomic E-state index is 13.2. The number of amides is 1. The van der Waals surface area contributed by atoms with Crippen LogP contribution in [0.15, 0.2) is 41.2 Å². The third-order valence-electron chi connectivity index (χ3n) is 4.94. The van der Waals surface area contributed by atoms with Gasteiger partial charge in [-0.15, -0.1) is 5.10 Å². The molecule has 1 amide bonds. The fourth-order valence-electron chi connectivity index (χ4n) is 3.41. The Morgan fingerprint density at radius 3 is 2.83 bits per heavy atom. The number of hydrogen-bond acceptors (Lipinski definition) is 5. The molecule has 0 radical (unpaired) electrons. The molecule has 1 fully saturated rings. The fourth-order valence-corrected chi connectivity index (χ4v) is 3.41. The van der Waals surface area contributed by atoms with Crippen molar-refractivity contribution in [2.75, 3.05) is 37.7 Å². The lowest BCUT2D eigenvalue weighted by molar-refractivity contribution is -0.125. The van der Waals surface area contributed by atoms with E-state index >= 15 is 0 Å². The standard InChI is InChI=1S/C21H27FN4O3/c1-2-29-14-4-12-23-21(28)16-5-3-13-25(15-16)19-10-11-20(27)26(24-19)18-8-6-17(22)7-9-18/h6-11,16H,2-5,12-15H2,1H3,(H,23,28). The van der Waals surface area contributed by atoms with Crippen molar-refractivity contribution in [3.8, 4) is 5.69 Å². The molecule has 0 bridgehead atoms. The van der Waals surface area contributed by atoms with Gasteiger partial charge in [0.15, 0.2) is 0 Å². The molecule has 7 nitrogen and oxygen atoms in total. The largest absolute Gasteiger partial charge is 0.382 e. The normalized spacial score (nSPS) is 16.6. The molecule has 3 rings (SSSR count). The Morgan fingerprint density at radius 2 is 2.07 bits per heavy atom. The van der Waals surface area contributed by atoms with Gasteiger partial charge < -0.3 is 15.0 Å². The topological polar surface area (TPSA) is 76.5 Å². The highest BCUT2D eigenvalue weighted by atomic mass is 19.1. The zero-order valence-electron chi connectivity index (χ0n) is 16.6. The lowest BCUT2D eigenvalue weighted by atomic mass is 9.97. The van der Waals surface area contributed by atoms with Gasteiger partial charge in [-0.05, 0) is 56.5 Å². The number of rotatable bonds is 8. The predicted octanol–water partition coefficient (Wildman–Crippen LogP) is 2.13. The molecule has 29 heavy (non-hydrogen) atoms. The van der Waals surface area contributed by atoms with E-state index in [-0.39, 0.29) is 23.2 Å². The number of ether oxygens (including phenoxy) is 1. The molecule has 1 atom stereocenters. The average molecular weight is 402 g/mol. The quantitative estimate of drug-likeness (QED) is 0.685. The summed E-state index contributed by atoms with van der Waals surface area (Å²) in [6, 6.07) is 8.74. The second kappa shape index (κ2) is 10.2. The molecule has 0 spiro atoms. The molecular formula is C21H27FN4O3. The number of anilines is 1. The minimum absolute atomic E-state index is 0.0399. The van der Waals surface area contributed by atoms with E-state index in [0.717, 1.165) is 25.8 Å². The second-order valence-electron chi connectivity index (χ2n) is 7.04. The van der Waals surface area contributed by atoms with Crippen molar-refractivity contribution in [2.24, 2.45) is 5.92 Å². The van der Waals surface area contributed by atoms with Gasteiger partial charge in [-0.2, -0.15) is 4.68 Å². The highest BCUT2D eigenvalue weighted by Gasteiger charge is 2.26. The monoisotopic (exact) mass is 402 g/mol. The zero-order valence-corrected chi connectivity index (χ0v) is 16.6. The van der Waals surface area contributed by atoms with Crippen molar-refractivity contribution >= 4 is 11.7 Å². The molecule has 8 heteroatoms. The van der Waals surface area contributed by atoms with Gasteiger partial charge in [0.2, 0.25) is 5.91 Å². The Balaban J connectivity index is 1.66. The summed E-state index contributed by atoms with van der Waals surface area (Å²) in [5.41, 5.74) is 0.208. The number of hydrogen-bond donors (Lipinski definition) is 1. The van der Waals surface area contributed by atoms with E-state index in [9.17, 15) is 14.0 Å². The average Bonchev–Trinajstić information content (AvgIpc) is 2.74. The van der Waals surface area contributed by atoms with E-state index in [1.165, 1.54) is 35.0 Å². The molecule has 0 saturated carbocycles. The number of carbonyl (C=O) groups is 1. The van der Waals surface area contributed by atoms with E-state index in [4.69, 9.17) is 4.74 Å². The number of carbonyl (C=O) groups excluding carboxylic acids is 1. The first-order valence-corrected chi connectivity index (χ1v) is 10.0. The summed E-state index contributed by atoms with van der Waals surface area (Å²) in [5.74, 6) is 0.175. The smallest absolute Gasteiger partial charge is 0.271 e. The molecule has 2 aromatic rings. The molecule has 0 aliphatic carbocycles. The third kappa shape index (κ3) is 5.63. The van der Waals surface area contributed by atoms with Gasteiger partial charge in [0.05, 0.1) is 11.6 Å². The Kier molecular flexibility index (Phi) is 7.35. The van der Waals surface area contributed by atoms with Crippen LogP contribution in [-0.2, 0) is 9.53 Å². The van der Waals surface area contributed by atoms with Crippen LogP contribution in [0, 0.1) is 11.7 Å². The summed E-state index contributed by atoms with van der Waals surface area (Å²) in [6.45, 7) is 5.18. The summed E-state index contributed by atoms with van der Waals surface area (Å²) in [6.07, 6.45) is 2.49. The van der Waals surface area contributed by atoms with Gasteiger partial charge >= 0.3 is 0 Å². The molecule has 1 unspecified atom stereocenters. The van der Waals surface area contributed by atoms with Crippen LogP contribution in [0.4, 0.5) is 10.2 Å². The van der Waals surface area contributed by atoms with Crippen molar-refractivity contribution in [2.45, 2.75) is 26.2 Å². The molecule has 1 aromatic carbocycles. The number of halogens is 1. The minimum atomic E-state index is -0.371. The summed E-state index contributed by atoms with van der Waals surface area (Å²) in [4.78, 5) is 26.7. The first-order chi connectivity index (χ1) is 14.1. The SMILES string of the molecule is CCOCCCNC(=O)C1CCCN(c2ccc(=O)n(-c3ccc(F)cc3)n2)C1. The molecule has 1 saturated heterocycles. The highest BCUT2D eigenvalue weighted by Crippen LogP contribution is 2.21. The molecular weight excluding hydrogens is 375 g/mol. The summed E-state index contributed by atoms with van der Waals surface area (Å²) in [5, 5.41) is 7.42. The van der Waals surface area contributed by atoms with E-state index in [2.05, 4.69) is 10.4 Å². The van der Waals surface area contributed by atoms with Crippen molar-refractivity contribution in [1.29, 1.82) is 0 Å². The summed E-state index contributed by atoms with van der Waals surface area (Å²) >= 11 is 0. The van der Waals surface area contributed by atoms with Gasteiger partial charge in [-0.25, -0.2) is 4.39 Å². The van der Waals surface area contributed by atoms with Crippen molar-refractivity contribution in [3.05, 3.63) is 52.6 Å². The maximum atomic E-state index is 13.2. The second-order valence-corrected chi connectivity index (χ2v) is 7.04. The molecule has 156 valence electrons. The van der Waals surface area contributed by atoms with Gasteiger partial charge in [0.25, 0.3) is 5.56 Å². The Labute approximate surface area is 169 Å². The van der Waals surface area contributed by atoms with E-state index in [1.807, 2.05) is 11.8 Å². The van der Waals surface area contributed by atoms with Gasteiger partial charge in [0, 0.05) is 38.9 Å². The zero-order chi connectivity index (χ0) is 20.6. The van der Waals surface area contributed by atoms with Gasteiger partial charge in [-0.1, -0.05) is 0 Å². The lowest BCUT2D eigenvalue weighted by Crippen LogP contribution is -2.44. The van der Waals surface area contributed by atoms with Crippen LogP contribution < -0.4 is 15.8 Å². The number of nitrogens with one attached hydrogen (secondary N) is 1. The van der Waals surface area contributed by atoms with E-state index in [0.29, 0.717) is 37.8 Å². The number of piperidine rings is 1.